The second-order valence-electron chi connectivity index (χ2n) is 1.94. The molecule has 0 saturated heterocycles. The Morgan fingerprint density at radius 2 is 2.33 bits per heavy atom. The minimum Gasteiger partial charge on any atom is -0.334 e. The largest absolute Gasteiger partial charge is 0.388 e. The summed E-state index contributed by atoms with van der Waals surface area (Å²) in [6.45, 7) is 1.61. The first-order valence-corrected chi connectivity index (χ1v) is 3.11. The maximum absolute atomic E-state index is 9.76. The van der Waals surface area contributed by atoms with Crippen LogP contribution in [0.3, 0.4) is 0 Å². The molecule has 0 saturated carbocycles. The fraction of sp³-hybridized carbons (Fsp3) is 1.00. The van der Waals surface area contributed by atoms with Gasteiger partial charge >= 0.3 is 11.1 Å². The van der Waals surface area contributed by atoms with Gasteiger partial charge in [0.1, 0.15) is 0 Å². The van der Waals surface area contributed by atoms with Gasteiger partial charge in [0, 0.05) is 6.42 Å². The van der Waals surface area contributed by atoms with Gasteiger partial charge in [-0.3, -0.25) is 0 Å². The van der Waals surface area contributed by atoms with Crippen molar-refractivity contribution in [1.82, 2.24) is 0 Å². The molecule has 0 spiro atoms. The molecule has 8 nitrogen and oxygen atoms in total. The highest BCUT2D eigenvalue weighted by molar-refractivity contribution is 4.48. The molecule has 8 heteroatoms. The van der Waals surface area contributed by atoms with Crippen LogP contribution in [-0.2, 0) is 9.68 Å². The Hall–Kier alpha value is -1.44. The lowest BCUT2D eigenvalue weighted by Crippen LogP contribution is -2.36. The third kappa shape index (κ3) is 3.66. The van der Waals surface area contributed by atoms with E-state index in [1.807, 2.05) is 5.34 Å². The summed E-state index contributed by atoms with van der Waals surface area (Å²) in [5, 5.41) is 19.4. The van der Waals surface area contributed by atoms with E-state index in [0.717, 1.165) is 0 Å². The van der Waals surface area contributed by atoms with Crippen LogP contribution in [0.1, 0.15) is 19.8 Å². The smallest absolute Gasteiger partial charge is 0.334 e. The number of rotatable bonds is 6. The van der Waals surface area contributed by atoms with Crippen molar-refractivity contribution in [2.75, 3.05) is 0 Å². The van der Waals surface area contributed by atoms with E-state index < -0.39 is 11.1 Å². The SMILES string of the molecule is CCCC(O)(ON=O)O[N+](=O)[O-]. The van der Waals surface area contributed by atoms with Gasteiger partial charge in [0.2, 0.25) is 0 Å². The van der Waals surface area contributed by atoms with Gasteiger partial charge in [-0.1, -0.05) is 6.92 Å². The molecule has 0 fully saturated rings. The van der Waals surface area contributed by atoms with Crippen LogP contribution in [0.5, 0.6) is 0 Å². The molecule has 0 aliphatic carbocycles. The van der Waals surface area contributed by atoms with Crippen molar-refractivity contribution >= 4 is 0 Å². The van der Waals surface area contributed by atoms with Crippen LogP contribution in [0, 0.1) is 15.0 Å². The molecule has 70 valence electrons. The molecule has 1 N–H and O–H groups in total. The summed E-state index contributed by atoms with van der Waals surface area (Å²) in [6, 6.07) is 0. The van der Waals surface area contributed by atoms with E-state index in [1.165, 1.54) is 0 Å². The first-order chi connectivity index (χ1) is 5.54. The Balaban J connectivity index is 4.15. The van der Waals surface area contributed by atoms with Crippen molar-refractivity contribution in [3.05, 3.63) is 15.0 Å². The number of hydrogen-bond acceptors (Lipinski definition) is 7. The molecule has 0 aliphatic rings. The van der Waals surface area contributed by atoms with E-state index in [2.05, 4.69) is 9.68 Å². The van der Waals surface area contributed by atoms with Crippen molar-refractivity contribution in [3.8, 4) is 0 Å². The van der Waals surface area contributed by atoms with Gasteiger partial charge in [0.25, 0.3) is 0 Å². The summed E-state index contributed by atoms with van der Waals surface area (Å²) in [5.74, 6) is -2.56. The van der Waals surface area contributed by atoms with Crippen molar-refractivity contribution in [2.24, 2.45) is 5.34 Å². The quantitative estimate of drug-likeness (QED) is 0.273. The summed E-state index contributed by atoms with van der Waals surface area (Å²) in [7, 11) is 0. The predicted molar refractivity (Wildman–Crippen MR) is 34.8 cm³/mol. The lowest BCUT2D eigenvalue weighted by molar-refractivity contribution is -0.815. The van der Waals surface area contributed by atoms with Crippen molar-refractivity contribution in [2.45, 2.75) is 25.7 Å². The van der Waals surface area contributed by atoms with Crippen molar-refractivity contribution in [1.29, 1.82) is 0 Å². The normalized spacial score (nSPS) is 14.5. The fourth-order valence-electron chi connectivity index (χ4n) is 0.599. The monoisotopic (exact) mass is 180 g/mol. The minimum absolute atomic E-state index is 0.223. The van der Waals surface area contributed by atoms with Gasteiger partial charge in [-0.25, -0.2) is 4.84 Å². The lowest BCUT2D eigenvalue weighted by Gasteiger charge is -2.19. The first-order valence-electron chi connectivity index (χ1n) is 3.11. The first kappa shape index (κ1) is 10.6. The minimum atomic E-state index is -2.56. The Labute approximate surface area is 67.1 Å². The van der Waals surface area contributed by atoms with Gasteiger partial charge in [0.15, 0.2) is 5.34 Å². The third-order valence-electron chi connectivity index (χ3n) is 0.963. The van der Waals surface area contributed by atoms with E-state index in [0.29, 0.717) is 6.42 Å². The molecule has 0 amide bonds. The van der Waals surface area contributed by atoms with Crippen molar-refractivity contribution in [3.63, 3.8) is 0 Å². The van der Waals surface area contributed by atoms with Crippen LogP contribution in [0.25, 0.3) is 0 Å². The molecule has 0 heterocycles. The predicted octanol–water partition coefficient (Wildman–Crippen LogP) is 0.339. The van der Waals surface area contributed by atoms with E-state index in [9.17, 15) is 15.0 Å². The van der Waals surface area contributed by atoms with Crippen LogP contribution in [-0.4, -0.2) is 16.2 Å². The molecule has 1 unspecified atom stereocenters. The summed E-state index contributed by atoms with van der Waals surface area (Å²) >= 11 is 0. The molecular weight excluding hydrogens is 172 g/mol. The topological polar surface area (TPSA) is 111 Å². The zero-order chi connectivity index (χ0) is 9.61. The Morgan fingerprint density at radius 1 is 1.75 bits per heavy atom. The Bertz CT molecular complexity index is 173. The summed E-state index contributed by atoms with van der Waals surface area (Å²) in [6.07, 6.45) is 0.111. The number of nitrogens with zero attached hydrogens (tertiary/aromatic N) is 2. The molecule has 0 bridgehead atoms. The van der Waals surface area contributed by atoms with E-state index in [-0.39, 0.29) is 6.42 Å². The zero-order valence-electron chi connectivity index (χ0n) is 6.30. The van der Waals surface area contributed by atoms with Crippen LogP contribution >= 0.6 is 0 Å². The fourth-order valence-corrected chi connectivity index (χ4v) is 0.599. The highest BCUT2D eigenvalue weighted by Gasteiger charge is 2.34. The number of aliphatic hydroxyl groups is 1. The van der Waals surface area contributed by atoms with E-state index in [4.69, 9.17) is 5.11 Å². The molecule has 0 aromatic rings. The van der Waals surface area contributed by atoms with E-state index >= 15 is 0 Å². The summed E-state index contributed by atoms with van der Waals surface area (Å²) in [5.41, 5.74) is 0. The number of hydrogen-bond donors (Lipinski definition) is 1. The molecule has 0 aromatic carbocycles. The maximum atomic E-state index is 9.76. The standard InChI is InChI=1S/C4H8N2O6/c1-2-3-4(7,11-5-8)12-6(9)10/h7H,2-3H2,1H3. The van der Waals surface area contributed by atoms with Crippen molar-refractivity contribution < 1.29 is 19.9 Å². The van der Waals surface area contributed by atoms with Gasteiger partial charge in [0.05, 0.1) is 0 Å². The van der Waals surface area contributed by atoms with Gasteiger partial charge in [-0.2, -0.15) is 0 Å². The average molecular weight is 180 g/mol. The van der Waals surface area contributed by atoms with Gasteiger partial charge in [-0.05, 0) is 6.42 Å². The lowest BCUT2D eigenvalue weighted by atomic mass is 10.3. The highest BCUT2D eigenvalue weighted by Crippen LogP contribution is 2.16. The van der Waals surface area contributed by atoms with Crippen LogP contribution in [0.4, 0.5) is 0 Å². The molecule has 0 aliphatic heterocycles. The molecule has 0 rings (SSSR count). The summed E-state index contributed by atoms with van der Waals surface area (Å²) in [4.78, 5) is 26.7. The molecule has 0 aromatic heterocycles. The van der Waals surface area contributed by atoms with Crippen LogP contribution in [0.2, 0.25) is 0 Å². The highest BCUT2D eigenvalue weighted by atomic mass is 17.1. The second kappa shape index (κ2) is 4.44. The maximum Gasteiger partial charge on any atom is 0.388 e. The Kier molecular flexibility index (Phi) is 3.91. The van der Waals surface area contributed by atoms with Gasteiger partial charge in [-0.15, -0.1) is 15.0 Å². The zero-order valence-corrected chi connectivity index (χ0v) is 6.30. The van der Waals surface area contributed by atoms with Crippen LogP contribution < -0.4 is 0 Å². The molecule has 1 atom stereocenters. The van der Waals surface area contributed by atoms with E-state index in [1.54, 1.807) is 6.92 Å². The second-order valence-corrected chi connectivity index (χ2v) is 1.94. The molecule has 0 radical (unpaired) electrons. The molecule has 12 heavy (non-hydrogen) atoms. The average Bonchev–Trinajstić information content (AvgIpc) is 1.85. The Morgan fingerprint density at radius 3 is 2.67 bits per heavy atom. The van der Waals surface area contributed by atoms with Gasteiger partial charge < -0.3 is 9.94 Å². The summed E-state index contributed by atoms with van der Waals surface area (Å²) < 4.78 is 0. The third-order valence-corrected chi connectivity index (χ3v) is 0.963. The molecular formula is C4H8N2O6. The van der Waals surface area contributed by atoms with Crippen LogP contribution in [0.15, 0.2) is 5.34 Å².